The molecule has 148 valence electrons. The molecule has 0 amide bonds. The predicted octanol–water partition coefficient (Wildman–Crippen LogP) is 4.36. The number of rotatable bonds is 7. The van der Waals surface area contributed by atoms with E-state index in [0.29, 0.717) is 6.54 Å². The molecule has 0 atom stereocenters. The van der Waals surface area contributed by atoms with Crippen LogP contribution in [0.25, 0.3) is 22.2 Å². The van der Waals surface area contributed by atoms with Gasteiger partial charge in [-0.1, -0.05) is 23.8 Å². The lowest BCUT2D eigenvalue weighted by molar-refractivity contribution is 0.301. The second kappa shape index (κ2) is 8.23. The van der Waals surface area contributed by atoms with Crippen LogP contribution in [0, 0.1) is 9.49 Å². The van der Waals surface area contributed by atoms with Crippen LogP contribution in [-0.4, -0.2) is 31.5 Å². The van der Waals surface area contributed by atoms with Crippen molar-refractivity contribution < 1.29 is 0 Å². The standard InChI is InChI=1S/C22H23IN6/c23-19-7-18(10-25-11-19)22-14-29(28-27-22)13-16-4-5-17-8-20(26-21(17)6-16)12-24-9-15-2-1-3-15/h4-8,10-11,14-15,24,26H,1-3,9,12-13H2. The van der Waals surface area contributed by atoms with Crippen molar-refractivity contribution in [3.8, 4) is 11.3 Å². The Labute approximate surface area is 183 Å². The summed E-state index contributed by atoms with van der Waals surface area (Å²) in [5.41, 5.74) is 5.44. The van der Waals surface area contributed by atoms with E-state index in [1.54, 1.807) is 0 Å². The molecule has 2 N–H and O–H groups in total. The largest absolute Gasteiger partial charge is 0.357 e. The van der Waals surface area contributed by atoms with Crippen molar-refractivity contribution in [3.63, 3.8) is 0 Å². The van der Waals surface area contributed by atoms with E-state index >= 15 is 0 Å². The molecule has 1 saturated carbocycles. The van der Waals surface area contributed by atoms with Gasteiger partial charge in [-0.25, -0.2) is 4.68 Å². The van der Waals surface area contributed by atoms with Gasteiger partial charge in [0.05, 0.1) is 12.7 Å². The van der Waals surface area contributed by atoms with Crippen LogP contribution in [-0.2, 0) is 13.1 Å². The Bertz CT molecular complexity index is 1130. The molecular weight excluding hydrogens is 475 g/mol. The van der Waals surface area contributed by atoms with Crippen LogP contribution in [0.15, 0.2) is 48.9 Å². The monoisotopic (exact) mass is 498 g/mol. The number of aromatic amines is 1. The van der Waals surface area contributed by atoms with Gasteiger partial charge in [0.1, 0.15) is 5.69 Å². The van der Waals surface area contributed by atoms with E-state index in [2.05, 4.69) is 78.5 Å². The molecule has 5 rings (SSSR count). The molecule has 0 bridgehead atoms. The fourth-order valence-corrected chi connectivity index (χ4v) is 4.28. The van der Waals surface area contributed by atoms with Crippen molar-refractivity contribution >= 4 is 33.5 Å². The van der Waals surface area contributed by atoms with Crippen molar-refractivity contribution in [2.75, 3.05) is 6.54 Å². The molecule has 1 aliphatic carbocycles. The van der Waals surface area contributed by atoms with Crippen LogP contribution >= 0.6 is 22.6 Å². The van der Waals surface area contributed by atoms with Gasteiger partial charge in [-0.15, -0.1) is 5.10 Å². The predicted molar refractivity (Wildman–Crippen MR) is 122 cm³/mol. The molecule has 0 aliphatic heterocycles. The summed E-state index contributed by atoms with van der Waals surface area (Å²) in [6, 6.07) is 10.9. The molecule has 1 aliphatic rings. The fourth-order valence-electron chi connectivity index (χ4n) is 3.78. The lowest BCUT2D eigenvalue weighted by atomic mass is 9.85. The first-order valence-electron chi connectivity index (χ1n) is 10.1. The van der Waals surface area contributed by atoms with E-state index in [9.17, 15) is 0 Å². The van der Waals surface area contributed by atoms with Gasteiger partial charge < -0.3 is 10.3 Å². The highest BCUT2D eigenvalue weighted by Crippen LogP contribution is 2.25. The second-order valence-electron chi connectivity index (χ2n) is 7.84. The lowest BCUT2D eigenvalue weighted by Crippen LogP contribution is -2.26. The van der Waals surface area contributed by atoms with Crippen LogP contribution < -0.4 is 5.32 Å². The molecule has 6 nitrogen and oxygen atoms in total. The average molecular weight is 498 g/mol. The van der Waals surface area contributed by atoms with Gasteiger partial charge in [0.25, 0.3) is 0 Å². The van der Waals surface area contributed by atoms with Crippen LogP contribution in [0.1, 0.15) is 30.5 Å². The summed E-state index contributed by atoms with van der Waals surface area (Å²) in [7, 11) is 0. The van der Waals surface area contributed by atoms with Crippen molar-refractivity contribution in [2.24, 2.45) is 5.92 Å². The van der Waals surface area contributed by atoms with E-state index in [4.69, 9.17) is 0 Å². The summed E-state index contributed by atoms with van der Waals surface area (Å²) in [5, 5.41) is 13.4. The maximum atomic E-state index is 4.30. The number of benzene rings is 1. The van der Waals surface area contributed by atoms with Gasteiger partial charge >= 0.3 is 0 Å². The first kappa shape index (κ1) is 18.7. The third-order valence-electron chi connectivity index (χ3n) is 5.60. The normalized spacial score (nSPS) is 14.4. The number of aromatic nitrogens is 5. The van der Waals surface area contributed by atoms with Crippen LogP contribution in [0.3, 0.4) is 0 Å². The number of H-pyrrole nitrogens is 1. The quantitative estimate of drug-likeness (QED) is 0.372. The number of hydrogen-bond donors (Lipinski definition) is 2. The van der Waals surface area contributed by atoms with Crippen molar-refractivity contribution in [2.45, 2.75) is 32.4 Å². The van der Waals surface area contributed by atoms with Gasteiger partial charge in [-0.2, -0.15) is 0 Å². The number of nitrogens with one attached hydrogen (secondary N) is 2. The van der Waals surface area contributed by atoms with Crippen LogP contribution in [0.5, 0.6) is 0 Å². The van der Waals surface area contributed by atoms with Crippen LogP contribution in [0.2, 0.25) is 0 Å². The molecule has 7 heteroatoms. The molecule has 1 fully saturated rings. The molecule has 4 aromatic rings. The number of fused-ring (bicyclic) bond motifs is 1. The number of halogens is 1. The minimum atomic E-state index is 0.689. The minimum Gasteiger partial charge on any atom is -0.357 e. The van der Waals surface area contributed by atoms with Gasteiger partial charge in [0, 0.05) is 39.3 Å². The Balaban J connectivity index is 1.27. The smallest absolute Gasteiger partial charge is 0.114 e. The summed E-state index contributed by atoms with van der Waals surface area (Å²) in [6.07, 6.45) is 9.79. The Kier molecular flexibility index (Phi) is 5.32. The second-order valence-corrected chi connectivity index (χ2v) is 9.08. The molecule has 29 heavy (non-hydrogen) atoms. The molecular formula is C22H23IN6. The summed E-state index contributed by atoms with van der Waals surface area (Å²) in [5.74, 6) is 0.883. The molecule has 3 aromatic heterocycles. The Hall–Kier alpha value is -2.26. The van der Waals surface area contributed by atoms with Crippen molar-refractivity contribution in [1.82, 2.24) is 30.3 Å². The molecule has 0 spiro atoms. The van der Waals surface area contributed by atoms with Gasteiger partial charge in [-0.05, 0) is 77.0 Å². The molecule has 3 heterocycles. The van der Waals surface area contributed by atoms with E-state index in [-0.39, 0.29) is 0 Å². The fraction of sp³-hybridized carbons (Fsp3) is 0.318. The SMILES string of the molecule is Ic1cncc(-c2cn(Cc3ccc4cc(CNCC5CCC5)[nH]c4c3)nn2)c1. The van der Waals surface area contributed by atoms with Gasteiger partial charge in [0.15, 0.2) is 0 Å². The topological polar surface area (TPSA) is 71.4 Å². The highest BCUT2D eigenvalue weighted by molar-refractivity contribution is 14.1. The van der Waals surface area contributed by atoms with Crippen molar-refractivity contribution in [1.29, 1.82) is 0 Å². The highest BCUT2D eigenvalue weighted by atomic mass is 127. The molecule has 0 saturated heterocycles. The Morgan fingerprint density at radius 3 is 2.93 bits per heavy atom. The molecule has 0 unspecified atom stereocenters. The molecule has 1 aromatic carbocycles. The van der Waals surface area contributed by atoms with E-state index in [1.165, 1.54) is 41.4 Å². The summed E-state index contributed by atoms with van der Waals surface area (Å²) < 4.78 is 2.96. The van der Waals surface area contributed by atoms with E-state index < -0.39 is 0 Å². The van der Waals surface area contributed by atoms with Crippen LogP contribution in [0.4, 0.5) is 0 Å². The third-order valence-corrected chi connectivity index (χ3v) is 6.19. The zero-order valence-corrected chi connectivity index (χ0v) is 18.3. The number of nitrogens with zero attached hydrogens (tertiary/aromatic N) is 4. The summed E-state index contributed by atoms with van der Waals surface area (Å²) >= 11 is 2.26. The summed E-state index contributed by atoms with van der Waals surface area (Å²) in [4.78, 5) is 7.79. The van der Waals surface area contributed by atoms with Gasteiger partial charge in [-0.3, -0.25) is 4.98 Å². The highest BCUT2D eigenvalue weighted by Gasteiger charge is 2.16. The number of hydrogen-bond acceptors (Lipinski definition) is 4. The van der Waals surface area contributed by atoms with E-state index in [1.807, 2.05) is 23.3 Å². The maximum Gasteiger partial charge on any atom is 0.114 e. The minimum absolute atomic E-state index is 0.689. The van der Waals surface area contributed by atoms with E-state index in [0.717, 1.165) is 33.8 Å². The Morgan fingerprint density at radius 2 is 2.10 bits per heavy atom. The first-order valence-corrected chi connectivity index (χ1v) is 11.1. The first-order chi connectivity index (χ1) is 14.2. The molecule has 0 radical (unpaired) electrons. The Morgan fingerprint density at radius 1 is 1.17 bits per heavy atom. The summed E-state index contributed by atoms with van der Waals surface area (Å²) in [6.45, 7) is 2.72. The third kappa shape index (κ3) is 4.35. The maximum absolute atomic E-state index is 4.30. The lowest BCUT2D eigenvalue weighted by Gasteiger charge is -2.25. The average Bonchev–Trinajstić information content (AvgIpc) is 3.30. The number of pyridine rings is 1. The van der Waals surface area contributed by atoms with Gasteiger partial charge in [0.2, 0.25) is 0 Å². The van der Waals surface area contributed by atoms with Crippen molar-refractivity contribution in [3.05, 3.63) is 63.7 Å². The zero-order valence-electron chi connectivity index (χ0n) is 16.1. The zero-order chi connectivity index (χ0) is 19.6.